The monoisotopic (exact) mass is 392 g/mol. The van der Waals surface area contributed by atoms with E-state index in [-0.39, 0.29) is 18.8 Å². The van der Waals surface area contributed by atoms with Gasteiger partial charge in [0.15, 0.2) is 13.2 Å². The van der Waals surface area contributed by atoms with E-state index in [4.69, 9.17) is 20.0 Å². The number of hydrogen-bond donors (Lipinski definition) is 0. The van der Waals surface area contributed by atoms with Gasteiger partial charge in [-0.15, -0.1) is 0 Å². The van der Waals surface area contributed by atoms with Crippen molar-refractivity contribution >= 4 is 35.5 Å². The van der Waals surface area contributed by atoms with Crippen molar-refractivity contribution in [2.45, 2.75) is 9.79 Å². The second-order valence-electron chi connectivity index (χ2n) is 4.54. The number of carbonyl (C=O) groups excluding carboxylic acids is 2. The molecule has 1 aliphatic heterocycles. The van der Waals surface area contributed by atoms with Crippen LogP contribution in [0.1, 0.15) is 0 Å². The lowest BCUT2D eigenvalue weighted by molar-refractivity contribution is -0.143. The van der Waals surface area contributed by atoms with Crippen molar-refractivity contribution in [2.75, 3.05) is 27.4 Å². The van der Waals surface area contributed by atoms with Crippen LogP contribution in [-0.4, -0.2) is 39.4 Å². The molecule has 2 rings (SSSR count). The van der Waals surface area contributed by atoms with E-state index >= 15 is 0 Å². The van der Waals surface area contributed by atoms with Crippen LogP contribution in [0.3, 0.4) is 0 Å². The largest absolute Gasteiger partial charge is 0.481 e. The fraction of sp³-hybridized carbons (Fsp3) is 0.250. The first-order valence-corrected chi connectivity index (χ1v) is 8.63. The average molecular weight is 392 g/mol. The summed E-state index contributed by atoms with van der Waals surface area (Å²) in [5.74, 6) is -0.353. The Bertz CT molecular complexity index is 787. The quantitative estimate of drug-likeness (QED) is 0.526. The molecular weight excluding hydrogens is 380 g/mol. The molecule has 1 aromatic carbocycles. The van der Waals surface area contributed by atoms with E-state index in [0.29, 0.717) is 25.5 Å². The lowest BCUT2D eigenvalue weighted by atomic mass is 10.3. The standard InChI is InChI=1S/C16H12N2O6S2/c1-21-12(19)7-23-10-3-4-11(24-8-13(20)22-2)15-14(10)25-16(26-15)9(5-17)6-18/h3-4H,7-8H2,1-2H3. The highest BCUT2D eigenvalue weighted by Crippen LogP contribution is 2.58. The first-order chi connectivity index (χ1) is 12.5. The molecule has 0 aliphatic carbocycles. The van der Waals surface area contributed by atoms with Crippen LogP contribution in [0.5, 0.6) is 11.5 Å². The molecule has 1 aromatic rings. The predicted octanol–water partition coefficient (Wildman–Crippen LogP) is 2.25. The minimum atomic E-state index is -0.550. The van der Waals surface area contributed by atoms with E-state index in [0.717, 1.165) is 23.5 Å². The van der Waals surface area contributed by atoms with Crippen LogP contribution in [0.15, 0.2) is 31.7 Å². The van der Waals surface area contributed by atoms with Crippen LogP contribution in [0.25, 0.3) is 0 Å². The molecule has 0 radical (unpaired) electrons. The Labute approximate surface area is 157 Å². The highest BCUT2D eigenvalue weighted by molar-refractivity contribution is 8.24. The fourth-order valence-corrected chi connectivity index (χ4v) is 4.28. The highest BCUT2D eigenvalue weighted by Gasteiger charge is 2.29. The molecule has 0 saturated heterocycles. The molecule has 134 valence electrons. The molecule has 0 unspecified atom stereocenters. The summed E-state index contributed by atoms with van der Waals surface area (Å²) >= 11 is 2.32. The summed E-state index contributed by atoms with van der Waals surface area (Å²) in [6, 6.07) is 6.81. The minimum absolute atomic E-state index is 0.0472. The zero-order valence-electron chi connectivity index (χ0n) is 13.7. The maximum absolute atomic E-state index is 11.3. The number of nitriles is 2. The average Bonchev–Trinajstić information content (AvgIpc) is 3.10. The second-order valence-corrected chi connectivity index (χ2v) is 6.84. The Hall–Kier alpha value is -2.82. The molecule has 0 bridgehead atoms. The number of nitrogens with zero attached hydrogens (tertiary/aromatic N) is 2. The van der Waals surface area contributed by atoms with Gasteiger partial charge in [0, 0.05) is 0 Å². The number of esters is 2. The van der Waals surface area contributed by atoms with Crippen molar-refractivity contribution in [1.29, 1.82) is 10.5 Å². The van der Waals surface area contributed by atoms with Crippen molar-refractivity contribution in [3.63, 3.8) is 0 Å². The summed E-state index contributed by atoms with van der Waals surface area (Å²) in [4.78, 5) is 23.8. The number of hydrogen-bond acceptors (Lipinski definition) is 10. The Kier molecular flexibility index (Phi) is 6.78. The van der Waals surface area contributed by atoms with E-state index in [1.807, 2.05) is 12.1 Å². The third-order valence-corrected chi connectivity index (χ3v) is 5.63. The van der Waals surface area contributed by atoms with Crippen LogP contribution in [0.2, 0.25) is 0 Å². The molecular formula is C16H12N2O6S2. The van der Waals surface area contributed by atoms with E-state index in [9.17, 15) is 9.59 Å². The molecule has 0 amide bonds. The molecule has 0 fully saturated rings. The summed E-state index contributed by atoms with van der Waals surface area (Å²) < 4.78 is 20.4. The summed E-state index contributed by atoms with van der Waals surface area (Å²) in [6.07, 6.45) is 0. The highest BCUT2D eigenvalue weighted by atomic mass is 32.2. The van der Waals surface area contributed by atoms with Crippen LogP contribution in [-0.2, 0) is 19.1 Å². The predicted molar refractivity (Wildman–Crippen MR) is 91.4 cm³/mol. The Morgan fingerprint density at radius 2 is 1.35 bits per heavy atom. The van der Waals surface area contributed by atoms with Gasteiger partial charge in [0.1, 0.15) is 29.2 Å². The van der Waals surface area contributed by atoms with E-state index in [1.165, 1.54) is 14.2 Å². The molecule has 8 nitrogen and oxygen atoms in total. The van der Waals surface area contributed by atoms with Crippen molar-refractivity contribution in [3.8, 4) is 23.6 Å². The Morgan fingerprint density at radius 3 is 1.69 bits per heavy atom. The number of carbonyl (C=O) groups is 2. The number of thioether (sulfide) groups is 2. The third-order valence-electron chi connectivity index (χ3n) is 3.00. The smallest absolute Gasteiger partial charge is 0.343 e. The van der Waals surface area contributed by atoms with Crippen LogP contribution < -0.4 is 9.47 Å². The maximum Gasteiger partial charge on any atom is 0.343 e. The Balaban J connectivity index is 2.36. The number of benzene rings is 1. The number of fused-ring (bicyclic) bond motifs is 1. The van der Waals surface area contributed by atoms with Gasteiger partial charge in [-0.1, -0.05) is 23.5 Å². The van der Waals surface area contributed by atoms with Gasteiger partial charge in [-0.2, -0.15) is 10.5 Å². The number of methoxy groups -OCH3 is 2. The van der Waals surface area contributed by atoms with Crippen LogP contribution >= 0.6 is 23.5 Å². The summed E-state index contributed by atoms with van der Waals surface area (Å²) in [6.45, 7) is -0.585. The first kappa shape index (κ1) is 19.5. The minimum Gasteiger partial charge on any atom is -0.481 e. The summed E-state index contributed by atoms with van der Waals surface area (Å²) in [5, 5.41) is 18.2. The zero-order chi connectivity index (χ0) is 19.1. The van der Waals surface area contributed by atoms with Gasteiger partial charge < -0.3 is 18.9 Å². The van der Waals surface area contributed by atoms with E-state index in [1.54, 1.807) is 12.1 Å². The van der Waals surface area contributed by atoms with Crippen molar-refractivity contribution in [1.82, 2.24) is 0 Å². The molecule has 10 heteroatoms. The van der Waals surface area contributed by atoms with Gasteiger partial charge in [-0.05, 0) is 12.1 Å². The van der Waals surface area contributed by atoms with E-state index in [2.05, 4.69) is 9.47 Å². The Morgan fingerprint density at radius 1 is 0.923 bits per heavy atom. The molecule has 0 aromatic heterocycles. The van der Waals surface area contributed by atoms with Crippen LogP contribution in [0, 0.1) is 22.7 Å². The lowest BCUT2D eigenvalue weighted by Crippen LogP contribution is -2.14. The lowest BCUT2D eigenvalue weighted by Gasteiger charge is -2.12. The third kappa shape index (κ3) is 4.42. The van der Waals surface area contributed by atoms with Gasteiger partial charge in [0.2, 0.25) is 0 Å². The van der Waals surface area contributed by atoms with Crippen molar-refractivity contribution < 1.29 is 28.5 Å². The van der Waals surface area contributed by atoms with Gasteiger partial charge in [-0.25, -0.2) is 9.59 Å². The van der Waals surface area contributed by atoms with Crippen molar-refractivity contribution in [2.24, 2.45) is 0 Å². The molecule has 1 aliphatic rings. The normalized spacial score (nSPS) is 11.6. The summed E-state index contributed by atoms with van der Waals surface area (Å²) in [7, 11) is 2.49. The van der Waals surface area contributed by atoms with Gasteiger partial charge in [0.05, 0.1) is 28.2 Å². The molecule has 26 heavy (non-hydrogen) atoms. The molecule has 0 atom stereocenters. The molecule has 1 heterocycles. The zero-order valence-corrected chi connectivity index (χ0v) is 15.4. The topological polar surface area (TPSA) is 119 Å². The van der Waals surface area contributed by atoms with Crippen molar-refractivity contribution in [3.05, 3.63) is 21.9 Å². The second kappa shape index (κ2) is 9.04. The van der Waals surface area contributed by atoms with Gasteiger partial charge >= 0.3 is 11.9 Å². The number of allylic oxidation sites excluding steroid dienone is 1. The SMILES string of the molecule is COC(=O)COc1ccc(OCC(=O)OC)c2c1SC(=C(C#N)C#N)S2. The molecule has 0 spiro atoms. The van der Waals surface area contributed by atoms with Gasteiger partial charge in [0.25, 0.3) is 0 Å². The fourth-order valence-electron chi connectivity index (χ4n) is 1.76. The number of rotatable bonds is 6. The number of ether oxygens (including phenoxy) is 4. The molecule has 0 N–H and O–H groups in total. The van der Waals surface area contributed by atoms with Gasteiger partial charge in [-0.3, -0.25) is 0 Å². The maximum atomic E-state index is 11.3. The van der Waals surface area contributed by atoms with Crippen LogP contribution in [0.4, 0.5) is 0 Å². The van der Waals surface area contributed by atoms with E-state index < -0.39 is 11.9 Å². The molecule has 0 saturated carbocycles. The summed E-state index contributed by atoms with van der Waals surface area (Å²) in [5.41, 5.74) is -0.0472. The first-order valence-electron chi connectivity index (χ1n) is 7.00.